The van der Waals surface area contributed by atoms with E-state index in [4.69, 9.17) is 0 Å². The van der Waals surface area contributed by atoms with Crippen LogP contribution >= 0.6 is 0 Å². The Bertz CT molecular complexity index is 376. The topological polar surface area (TPSA) is 78.4 Å². The second-order valence-corrected chi connectivity index (χ2v) is 7.10. The smallest absolute Gasteiger partial charge is 0.329 e. The summed E-state index contributed by atoms with van der Waals surface area (Å²) < 4.78 is 0. The zero-order valence-electron chi connectivity index (χ0n) is 13.8. The molecule has 0 aromatic carbocycles. The lowest BCUT2D eigenvalue weighted by atomic mass is 9.78. The Labute approximate surface area is 127 Å². The standard InChI is InChI=1S/C16H30N2O3/c1-5-15(4,13(19)20)18-14(21)17-11-16(10-12(2)3)8-6-7-9-16/h12H,5-11H2,1-4H3,(H,19,20)(H2,17,18,21). The van der Waals surface area contributed by atoms with E-state index in [1.165, 1.54) is 19.8 Å². The number of nitrogens with one attached hydrogen (secondary N) is 2. The van der Waals surface area contributed by atoms with Crippen LogP contribution in [0.25, 0.3) is 0 Å². The molecule has 0 bridgehead atoms. The van der Waals surface area contributed by atoms with Crippen LogP contribution in [0.2, 0.25) is 0 Å². The van der Waals surface area contributed by atoms with Crippen molar-refractivity contribution in [1.82, 2.24) is 10.6 Å². The van der Waals surface area contributed by atoms with Crippen molar-refractivity contribution in [3.8, 4) is 0 Å². The average Bonchev–Trinajstić information content (AvgIpc) is 2.84. The van der Waals surface area contributed by atoms with Crippen LogP contribution in [-0.2, 0) is 4.79 Å². The summed E-state index contributed by atoms with van der Waals surface area (Å²) in [7, 11) is 0. The first-order valence-corrected chi connectivity index (χ1v) is 8.02. The maximum Gasteiger partial charge on any atom is 0.329 e. The van der Waals surface area contributed by atoms with Crippen LogP contribution in [0.4, 0.5) is 4.79 Å². The highest BCUT2D eigenvalue weighted by Crippen LogP contribution is 2.42. The number of carboxylic acids is 1. The lowest BCUT2D eigenvalue weighted by molar-refractivity contribution is -0.143. The van der Waals surface area contributed by atoms with Gasteiger partial charge in [-0.2, -0.15) is 0 Å². The number of carbonyl (C=O) groups is 2. The van der Waals surface area contributed by atoms with Gasteiger partial charge in [-0.1, -0.05) is 33.6 Å². The summed E-state index contributed by atoms with van der Waals surface area (Å²) >= 11 is 0. The van der Waals surface area contributed by atoms with Crippen molar-refractivity contribution in [2.75, 3.05) is 6.54 Å². The van der Waals surface area contributed by atoms with Crippen LogP contribution in [0, 0.1) is 11.3 Å². The number of aliphatic carboxylic acids is 1. The predicted molar refractivity (Wildman–Crippen MR) is 83.2 cm³/mol. The molecule has 5 heteroatoms. The Kier molecular flexibility index (Phi) is 6.05. The fourth-order valence-corrected chi connectivity index (χ4v) is 3.30. The maximum atomic E-state index is 12.0. The maximum absolute atomic E-state index is 12.0. The van der Waals surface area contributed by atoms with Crippen LogP contribution in [-0.4, -0.2) is 29.2 Å². The minimum absolute atomic E-state index is 0.192. The molecule has 0 spiro atoms. The molecule has 0 radical (unpaired) electrons. The summed E-state index contributed by atoms with van der Waals surface area (Å²) in [6, 6.07) is -0.378. The van der Waals surface area contributed by atoms with Crippen LogP contribution in [0.5, 0.6) is 0 Å². The largest absolute Gasteiger partial charge is 0.480 e. The van der Waals surface area contributed by atoms with Crippen molar-refractivity contribution in [3.05, 3.63) is 0 Å². The molecule has 1 aliphatic rings. The summed E-state index contributed by atoms with van der Waals surface area (Å²) in [5, 5.41) is 14.7. The van der Waals surface area contributed by atoms with Gasteiger partial charge in [-0.05, 0) is 43.9 Å². The van der Waals surface area contributed by atoms with Gasteiger partial charge < -0.3 is 15.7 Å². The molecule has 3 N–H and O–H groups in total. The molecule has 1 atom stereocenters. The average molecular weight is 298 g/mol. The van der Waals surface area contributed by atoms with Crippen LogP contribution in [0.1, 0.15) is 66.2 Å². The summed E-state index contributed by atoms with van der Waals surface area (Å²) in [6.45, 7) is 8.34. The van der Waals surface area contributed by atoms with Crippen LogP contribution in [0.3, 0.4) is 0 Å². The van der Waals surface area contributed by atoms with Crippen molar-refractivity contribution < 1.29 is 14.7 Å². The molecular weight excluding hydrogens is 268 g/mol. The van der Waals surface area contributed by atoms with E-state index in [0.29, 0.717) is 18.9 Å². The fraction of sp³-hybridized carbons (Fsp3) is 0.875. The monoisotopic (exact) mass is 298 g/mol. The van der Waals surface area contributed by atoms with E-state index in [1.807, 2.05) is 0 Å². The minimum atomic E-state index is -1.20. The SMILES string of the molecule is CCC(C)(NC(=O)NCC1(CC(C)C)CCCC1)C(=O)O. The Morgan fingerprint density at radius 3 is 2.29 bits per heavy atom. The molecule has 2 amide bonds. The van der Waals surface area contributed by atoms with E-state index < -0.39 is 11.5 Å². The molecule has 1 fully saturated rings. The molecule has 0 saturated heterocycles. The number of rotatable bonds is 7. The lowest BCUT2D eigenvalue weighted by Crippen LogP contribution is -2.55. The summed E-state index contributed by atoms with van der Waals surface area (Å²) in [5.74, 6) is -0.397. The molecule has 122 valence electrons. The van der Waals surface area contributed by atoms with Gasteiger partial charge in [0.1, 0.15) is 5.54 Å². The van der Waals surface area contributed by atoms with Gasteiger partial charge in [0.25, 0.3) is 0 Å². The van der Waals surface area contributed by atoms with E-state index in [2.05, 4.69) is 24.5 Å². The first kappa shape index (κ1) is 17.8. The van der Waals surface area contributed by atoms with Gasteiger partial charge in [-0.15, -0.1) is 0 Å². The normalized spacial score (nSPS) is 20.0. The number of urea groups is 1. The Morgan fingerprint density at radius 2 is 1.86 bits per heavy atom. The summed E-state index contributed by atoms with van der Waals surface area (Å²) in [5.41, 5.74) is -1.01. The van der Waals surface area contributed by atoms with E-state index >= 15 is 0 Å². The molecule has 1 saturated carbocycles. The zero-order chi connectivity index (χ0) is 16.1. The number of carboxylic acid groups (broad SMARTS) is 1. The van der Waals surface area contributed by atoms with Crippen molar-refractivity contribution >= 4 is 12.0 Å². The highest BCUT2D eigenvalue weighted by molar-refractivity contribution is 5.85. The van der Waals surface area contributed by atoms with Gasteiger partial charge in [0.05, 0.1) is 0 Å². The third kappa shape index (κ3) is 4.90. The van der Waals surface area contributed by atoms with E-state index in [1.54, 1.807) is 6.92 Å². The van der Waals surface area contributed by atoms with Crippen molar-refractivity contribution in [1.29, 1.82) is 0 Å². The van der Waals surface area contributed by atoms with Gasteiger partial charge in [0, 0.05) is 6.54 Å². The van der Waals surface area contributed by atoms with Gasteiger partial charge in [0.15, 0.2) is 0 Å². The van der Waals surface area contributed by atoms with Gasteiger partial charge >= 0.3 is 12.0 Å². The highest BCUT2D eigenvalue weighted by atomic mass is 16.4. The summed E-state index contributed by atoms with van der Waals surface area (Å²) in [4.78, 5) is 23.2. The van der Waals surface area contributed by atoms with E-state index in [-0.39, 0.29) is 11.4 Å². The minimum Gasteiger partial charge on any atom is -0.480 e. The first-order valence-electron chi connectivity index (χ1n) is 8.02. The van der Waals surface area contributed by atoms with Gasteiger partial charge in [0.2, 0.25) is 0 Å². The van der Waals surface area contributed by atoms with Crippen molar-refractivity contribution in [2.24, 2.45) is 11.3 Å². The van der Waals surface area contributed by atoms with E-state index in [9.17, 15) is 14.7 Å². The third-order valence-corrected chi connectivity index (χ3v) is 4.70. The summed E-state index contributed by atoms with van der Waals surface area (Å²) in [6.07, 6.45) is 6.20. The van der Waals surface area contributed by atoms with Crippen molar-refractivity contribution in [3.63, 3.8) is 0 Å². The molecule has 0 heterocycles. The van der Waals surface area contributed by atoms with Crippen LogP contribution in [0.15, 0.2) is 0 Å². The molecule has 5 nitrogen and oxygen atoms in total. The molecule has 0 aliphatic heterocycles. The Hall–Kier alpha value is -1.26. The van der Waals surface area contributed by atoms with Crippen molar-refractivity contribution in [2.45, 2.75) is 71.8 Å². The predicted octanol–water partition coefficient (Wildman–Crippen LogP) is 3.15. The molecular formula is C16H30N2O3. The number of carbonyl (C=O) groups excluding carboxylic acids is 1. The number of amides is 2. The molecule has 1 rings (SSSR count). The van der Waals surface area contributed by atoms with Gasteiger partial charge in [-0.3, -0.25) is 0 Å². The first-order chi connectivity index (χ1) is 9.73. The Morgan fingerprint density at radius 1 is 1.29 bits per heavy atom. The zero-order valence-corrected chi connectivity index (χ0v) is 13.8. The highest BCUT2D eigenvalue weighted by Gasteiger charge is 2.36. The van der Waals surface area contributed by atoms with E-state index in [0.717, 1.165) is 19.3 Å². The number of hydrogen-bond acceptors (Lipinski definition) is 2. The lowest BCUT2D eigenvalue weighted by Gasteiger charge is -2.32. The molecule has 21 heavy (non-hydrogen) atoms. The number of hydrogen-bond donors (Lipinski definition) is 3. The van der Waals surface area contributed by atoms with Gasteiger partial charge in [-0.25, -0.2) is 9.59 Å². The second kappa shape index (κ2) is 7.14. The molecule has 1 unspecified atom stereocenters. The van der Waals surface area contributed by atoms with Crippen LogP contribution < -0.4 is 10.6 Å². The third-order valence-electron chi connectivity index (χ3n) is 4.70. The molecule has 0 aromatic heterocycles. The Balaban J connectivity index is 2.56. The molecule has 0 aromatic rings. The second-order valence-electron chi connectivity index (χ2n) is 7.10. The fourth-order valence-electron chi connectivity index (χ4n) is 3.30. The molecule has 1 aliphatic carbocycles. The quantitative estimate of drug-likeness (QED) is 0.675.